The van der Waals surface area contributed by atoms with Gasteiger partial charge in [0.2, 0.25) is 5.82 Å². The van der Waals surface area contributed by atoms with Crippen LogP contribution in [-0.4, -0.2) is 27.4 Å². The van der Waals surface area contributed by atoms with Gasteiger partial charge in [-0.15, -0.1) is 0 Å². The predicted octanol–water partition coefficient (Wildman–Crippen LogP) is 0.749. The number of nitrogens with one attached hydrogen (secondary N) is 1. The number of nitrogens with two attached hydrogens (primary N) is 1. The molecule has 0 spiro atoms. The quantitative estimate of drug-likeness (QED) is 0.773. The molecule has 2 rings (SSSR count). The molecule has 0 aliphatic heterocycles. The molecule has 1 unspecified atom stereocenters. The van der Waals surface area contributed by atoms with Gasteiger partial charge in [-0.25, -0.2) is 0 Å². The van der Waals surface area contributed by atoms with Gasteiger partial charge in [0, 0.05) is 7.11 Å². The molecule has 7 heteroatoms. The lowest BCUT2D eigenvalue weighted by Gasteiger charge is -2.00. The standard InChI is InChI=1S/C8H11N5O2/c1-4(14-2)7-11-8(15-13-7)5-3-10-12-6(5)9/h3-4H,1-2H3,(H3,9,10,12). The maximum absolute atomic E-state index is 5.61. The Labute approximate surface area is 85.6 Å². The number of nitrogen functional groups attached to an aromatic ring is 1. The summed E-state index contributed by atoms with van der Waals surface area (Å²) in [6, 6.07) is 0. The lowest BCUT2D eigenvalue weighted by atomic mass is 10.3. The predicted molar refractivity (Wildman–Crippen MR) is 51.7 cm³/mol. The number of hydrogen-bond acceptors (Lipinski definition) is 6. The first kappa shape index (κ1) is 9.66. The van der Waals surface area contributed by atoms with Crippen molar-refractivity contribution in [1.82, 2.24) is 20.3 Å². The van der Waals surface area contributed by atoms with Crippen molar-refractivity contribution in [2.45, 2.75) is 13.0 Å². The molecule has 1 atom stereocenters. The van der Waals surface area contributed by atoms with Gasteiger partial charge in [-0.2, -0.15) is 10.1 Å². The number of ether oxygens (including phenoxy) is 1. The fraction of sp³-hybridized carbons (Fsp3) is 0.375. The molecule has 15 heavy (non-hydrogen) atoms. The van der Waals surface area contributed by atoms with E-state index in [1.807, 2.05) is 6.92 Å². The van der Waals surface area contributed by atoms with Crippen LogP contribution in [0.4, 0.5) is 5.82 Å². The molecule has 0 radical (unpaired) electrons. The smallest absolute Gasteiger partial charge is 0.263 e. The van der Waals surface area contributed by atoms with Gasteiger partial charge >= 0.3 is 0 Å². The summed E-state index contributed by atoms with van der Waals surface area (Å²) in [4.78, 5) is 4.14. The van der Waals surface area contributed by atoms with Gasteiger partial charge in [-0.3, -0.25) is 5.10 Å². The van der Waals surface area contributed by atoms with E-state index in [1.54, 1.807) is 7.11 Å². The number of aromatic nitrogens is 4. The summed E-state index contributed by atoms with van der Waals surface area (Å²) < 4.78 is 10.1. The lowest BCUT2D eigenvalue weighted by molar-refractivity contribution is 0.109. The fourth-order valence-corrected chi connectivity index (χ4v) is 1.08. The highest BCUT2D eigenvalue weighted by Gasteiger charge is 2.16. The zero-order valence-corrected chi connectivity index (χ0v) is 8.39. The van der Waals surface area contributed by atoms with Crippen LogP contribution in [0.15, 0.2) is 10.7 Å². The summed E-state index contributed by atoms with van der Waals surface area (Å²) in [5.74, 6) is 1.21. The topological polar surface area (TPSA) is 103 Å². The Morgan fingerprint density at radius 1 is 1.60 bits per heavy atom. The molecule has 7 nitrogen and oxygen atoms in total. The zero-order valence-electron chi connectivity index (χ0n) is 8.39. The first-order valence-electron chi connectivity index (χ1n) is 4.38. The van der Waals surface area contributed by atoms with Gasteiger partial charge in [-0.1, -0.05) is 5.16 Å². The van der Waals surface area contributed by atoms with Crippen LogP contribution < -0.4 is 5.73 Å². The molecular weight excluding hydrogens is 198 g/mol. The van der Waals surface area contributed by atoms with E-state index in [-0.39, 0.29) is 6.10 Å². The second kappa shape index (κ2) is 3.70. The second-order valence-corrected chi connectivity index (χ2v) is 3.03. The maximum atomic E-state index is 5.61. The Bertz CT molecular complexity index is 449. The Morgan fingerprint density at radius 2 is 2.40 bits per heavy atom. The monoisotopic (exact) mass is 209 g/mol. The van der Waals surface area contributed by atoms with Gasteiger partial charge in [0.25, 0.3) is 5.89 Å². The van der Waals surface area contributed by atoms with Crippen LogP contribution in [0.25, 0.3) is 11.5 Å². The Balaban J connectivity index is 2.32. The number of nitrogens with zero attached hydrogens (tertiary/aromatic N) is 3. The molecule has 0 aromatic carbocycles. The van der Waals surface area contributed by atoms with Crippen molar-refractivity contribution in [3.63, 3.8) is 0 Å². The van der Waals surface area contributed by atoms with Gasteiger partial charge < -0.3 is 15.0 Å². The minimum absolute atomic E-state index is 0.212. The van der Waals surface area contributed by atoms with Crippen LogP contribution in [-0.2, 0) is 4.74 Å². The summed E-state index contributed by atoms with van der Waals surface area (Å²) >= 11 is 0. The molecule has 0 amide bonds. The Kier molecular flexibility index (Phi) is 2.38. The largest absolute Gasteiger partial charge is 0.383 e. The molecule has 0 fully saturated rings. The number of hydrogen-bond donors (Lipinski definition) is 2. The van der Waals surface area contributed by atoms with E-state index < -0.39 is 0 Å². The molecule has 2 heterocycles. The first-order chi connectivity index (χ1) is 7.22. The van der Waals surface area contributed by atoms with Gasteiger partial charge in [0.1, 0.15) is 17.5 Å². The van der Waals surface area contributed by atoms with Crippen molar-refractivity contribution in [3.05, 3.63) is 12.0 Å². The van der Waals surface area contributed by atoms with Crippen LogP contribution in [0.3, 0.4) is 0 Å². The molecule has 2 aromatic heterocycles. The van der Waals surface area contributed by atoms with E-state index in [4.69, 9.17) is 15.0 Å². The minimum Gasteiger partial charge on any atom is -0.383 e. The van der Waals surface area contributed by atoms with Gasteiger partial charge in [0.15, 0.2) is 0 Å². The number of methoxy groups -OCH3 is 1. The van der Waals surface area contributed by atoms with E-state index in [2.05, 4.69) is 20.3 Å². The summed E-state index contributed by atoms with van der Waals surface area (Å²) in [6.07, 6.45) is 1.32. The molecular formula is C8H11N5O2. The molecule has 3 N–H and O–H groups in total. The van der Waals surface area contributed by atoms with Crippen LogP contribution >= 0.6 is 0 Å². The normalized spacial score (nSPS) is 12.9. The molecule has 0 saturated carbocycles. The molecule has 0 bridgehead atoms. The molecule has 2 aromatic rings. The number of aromatic amines is 1. The van der Waals surface area contributed by atoms with Crippen molar-refractivity contribution in [3.8, 4) is 11.5 Å². The average molecular weight is 209 g/mol. The Morgan fingerprint density at radius 3 is 3.00 bits per heavy atom. The molecule has 80 valence electrons. The van der Waals surface area contributed by atoms with Gasteiger partial charge in [-0.05, 0) is 6.92 Å². The summed E-state index contributed by atoms with van der Waals surface area (Å²) in [5, 5.41) is 10.1. The van der Waals surface area contributed by atoms with E-state index in [9.17, 15) is 0 Å². The zero-order chi connectivity index (χ0) is 10.8. The van der Waals surface area contributed by atoms with Crippen LogP contribution in [0, 0.1) is 0 Å². The van der Waals surface area contributed by atoms with Crippen LogP contribution in [0.2, 0.25) is 0 Å². The van der Waals surface area contributed by atoms with Crippen molar-refractivity contribution in [1.29, 1.82) is 0 Å². The molecule has 0 aliphatic carbocycles. The van der Waals surface area contributed by atoms with Crippen molar-refractivity contribution in [2.24, 2.45) is 0 Å². The minimum atomic E-state index is -0.212. The summed E-state index contributed by atoms with van der Waals surface area (Å²) in [5.41, 5.74) is 6.21. The highest BCUT2D eigenvalue weighted by molar-refractivity contribution is 5.65. The maximum Gasteiger partial charge on any atom is 0.263 e. The number of anilines is 1. The van der Waals surface area contributed by atoms with Crippen LogP contribution in [0.1, 0.15) is 18.9 Å². The third-order valence-electron chi connectivity index (χ3n) is 2.06. The second-order valence-electron chi connectivity index (χ2n) is 3.03. The molecule has 0 aliphatic rings. The average Bonchev–Trinajstić information content (AvgIpc) is 2.84. The highest BCUT2D eigenvalue weighted by atomic mass is 16.5. The Hall–Kier alpha value is -1.89. The SMILES string of the molecule is COC(C)c1noc(-c2cn[nH]c2N)n1. The summed E-state index contributed by atoms with van der Waals surface area (Å²) in [7, 11) is 1.58. The van der Waals surface area contributed by atoms with E-state index in [0.717, 1.165) is 0 Å². The third-order valence-corrected chi connectivity index (χ3v) is 2.06. The highest BCUT2D eigenvalue weighted by Crippen LogP contribution is 2.23. The molecule has 0 saturated heterocycles. The van der Waals surface area contributed by atoms with Crippen molar-refractivity contribution >= 4 is 5.82 Å². The third kappa shape index (κ3) is 1.68. The lowest BCUT2D eigenvalue weighted by Crippen LogP contribution is -1.97. The van der Waals surface area contributed by atoms with E-state index >= 15 is 0 Å². The fourth-order valence-electron chi connectivity index (χ4n) is 1.08. The van der Waals surface area contributed by atoms with Crippen LogP contribution in [0.5, 0.6) is 0 Å². The van der Waals surface area contributed by atoms with Gasteiger partial charge in [0.05, 0.1) is 6.20 Å². The first-order valence-corrected chi connectivity index (χ1v) is 4.38. The van der Waals surface area contributed by atoms with Crippen molar-refractivity contribution in [2.75, 3.05) is 12.8 Å². The van der Waals surface area contributed by atoms with E-state index in [1.165, 1.54) is 6.20 Å². The number of rotatable bonds is 3. The number of H-pyrrole nitrogens is 1. The van der Waals surface area contributed by atoms with E-state index in [0.29, 0.717) is 23.1 Å². The van der Waals surface area contributed by atoms with Crippen molar-refractivity contribution < 1.29 is 9.26 Å². The summed E-state index contributed by atoms with van der Waals surface area (Å²) in [6.45, 7) is 1.83.